The van der Waals surface area contributed by atoms with E-state index in [2.05, 4.69) is 15.3 Å². The Labute approximate surface area is 172 Å². The zero-order valence-corrected chi connectivity index (χ0v) is 16.7. The van der Waals surface area contributed by atoms with Gasteiger partial charge in [-0.15, -0.1) is 0 Å². The van der Waals surface area contributed by atoms with Gasteiger partial charge in [-0.2, -0.15) is 0 Å². The highest BCUT2D eigenvalue weighted by atomic mass is 32.2. The minimum absolute atomic E-state index is 0.0399. The van der Waals surface area contributed by atoms with Crippen molar-refractivity contribution in [2.24, 2.45) is 0 Å². The van der Waals surface area contributed by atoms with Crippen molar-refractivity contribution >= 4 is 46.2 Å². The van der Waals surface area contributed by atoms with E-state index in [1.165, 1.54) is 11.8 Å². The van der Waals surface area contributed by atoms with Crippen LogP contribution in [0.3, 0.4) is 0 Å². The maximum atomic E-state index is 12.5. The Balaban J connectivity index is 1.39. The molecule has 0 saturated carbocycles. The molecule has 1 aliphatic heterocycles. The van der Waals surface area contributed by atoms with Gasteiger partial charge in [0.05, 0.1) is 17.5 Å². The first-order valence-electron chi connectivity index (χ1n) is 8.83. The van der Waals surface area contributed by atoms with Gasteiger partial charge in [-0.05, 0) is 30.7 Å². The lowest BCUT2D eigenvalue weighted by molar-refractivity contribution is -0.124. The van der Waals surface area contributed by atoms with Gasteiger partial charge in [-0.1, -0.05) is 30.1 Å². The number of imidazole rings is 1. The normalized spacial score (nSPS) is 15.9. The maximum absolute atomic E-state index is 12.5. The number of aromatic amines is 1. The molecule has 0 aromatic carbocycles. The quantitative estimate of drug-likeness (QED) is 0.482. The van der Waals surface area contributed by atoms with Crippen LogP contribution >= 0.6 is 24.0 Å². The third kappa shape index (κ3) is 5.67. The molecule has 1 aliphatic rings. The number of hydrogen-bond acceptors (Lipinski definition) is 6. The molecule has 3 rings (SSSR count). The molecule has 3 heterocycles. The number of thiocarbonyl (C=S) groups is 1. The molecule has 9 heteroatoms. The van der Waals surface area contributed by atoms with Gasteiger partial charge in [0.1, 0.15) is 10.1 Å². The summed E-state index contributed by atoms with van der Waals surface area (Å²) in [4.78, 5) is 33.4. The molecule has 0 aliphatic carbocycles. The summed E-state index contributed by atoms with van der Waals surface area (Å²) in [7, 11) is 0. The molecular formula is C19H20N4O3S2. The molecule has 7 nitrogen and oxygen atoms in total. The van der Waals surface area contributed by atoms with Gasteiger partial charge in [-0.3, -0.25) is 14.5 Å². The van der Waals surface area contributed by atoms with E-state index < -0.39 is 0 Å². The number of carbonyl (C=O) groups excluding carboxylic acids is 2. The zero-order valence-electron chi connectivity index (χ0n) is 15.1. The average molecular weight is 417 g/mol. The van der Waals surface area contributed by atoms with Crippen molar-refractivity contribution in [1.82, 2.24) is 20.2 Å². The minimum atomic E-state index is -0.126. The first-order chi connectivity index (χ1) is 13.6. The summed E-state index contributed by atoms with van der Waals surface area (Å²) in [6, 6.07) is 3.63. The van der Waals surface area contributed by atoms with Crippen LogP contribution in [0.1, 0.15) is 24.3 Å². The van der Waals surface area contributed by atoms with Gasteiger partial charge in [0.2, 0.25) is 5.91 Å². The van der Waals surface area contributed by atoms with Crippen LogP contribution in [0.25, 0.3) is 6.08 Å². The molecule has 0 bridgehead atoms. The number of carbonyl (C=O) groups is 2. The Morgan fingerprint density at radius 1 is 1.46 bits per heavy atom. The number of rotatable bonds is 9. The van der Waals surface area contributed by atoms with E-state index in [1.54, 1.807) is 48.0 Å². The van der Waals surface area contributed by atoms with Crippen molar-refractivity contribution < 1.29 is 14.0 Å². The van der Waals surface area contributed by atoms with Crippen molar-refractivity contribution in [3.05, 3.63) is 59.4 Å². The average Bonchev–Trinajstić information content (AvgIpc) is 3.41. The first-order valence-corrected chi connectivity index (χ1v) is 10.1. The lowest BCUT2D eigenvalue weighted by Gasteiger charge is -2.14. The fraction of sp³-hybridized carbons (Fsp3) is 0.263. The monoisotopic (exact) mass is 416 g/mol. The Morgan fingerprint density at radius 3 is 3.11 bits per heavy atom. The number of nitrogens with one attached hydrogen (secondary N) is 2. The molecule has 2 N–H and O–H groups in total. The predicted molar refractivity (Wildman–Crippen MR) is 112 cm³/mol. The van der Waals surface area contributed by atoms with Crippen LogP contribution in [-0.4, -0.2) is 44.1 Å². The van der Waals surface area contributed by atoms with E-state index in [1.807, 2.05) is 6.07 Å². The summed E-state index contributed by atoms with van der Waals surface area (Å²) in [5, 5.41) is 2.86. The van der Waals surface area contributed by atoms with Gasteiger partial charge in [-0.25, -0.2) is 4.98 Å². The molecule has 2 aromatic heterocycles. The van der Waals surface area contributed by atoms with Gasteiger partial charge in [0, 0.05) is 37.8 Å². The first kappa shape index (κ1) is 20.1. The van der Waals surface area contributed by atoms with Crippen LogP contribution in [0.15, 0.2) is 52.4 Å². The molecule has 0 radical (unpaired) electrons. The highest BCUT2D eigenvalue weighted by molar-refractivity contribution is 8.26. The Hall–Kier alpha value is -2.65. The molecule has 0 atom stereocenters. The highest BCUT2D eigenvalue weighted by Gasteiger charge is 2.31. The number of thioether (sulfide) groups is 1. The third-order valence-corrected chi connectivity index (χ3v) is 5.38. The van der Waals surface area contributed by atoms with Crippen LogP contribution in [0.4, 0.5) is 0 Å². The van der Waals surface area contributed by atoms with Gasteiger partial charge in [0.25, 0.3) is 5.91 Å². The molecule has 2 amide bonds. The second-order valence-electron chi connectivity index (χ2n) is 6.01. The lowest BCUT2D eigenvalue weighted by atomic mass is 10.2. The number of nitrogens with zero attached hydrogens (tertiary/aromatic N) is 2. The van der Waals surface area contributed by atoms with Crippen LogP contribution in [0, 0.1) is 0 Å². The van der Waals surface area contributed by atoms with E-state index in [4.69, 9.17) is 16.6 Å². The van der Waals surface area contributed by atoms with Crippen LogP contribution in [0.2, 0.25) is 0 Å². The van der Waals surface area contributed by atoms with Crippen molar-refractivity contribution in [3.63, 3.8) is 0 Å². The largest absolute Gasteiger partial charge is 0.465 e. The van der Waals surface area contributed by atoms with E-state index in [0.29, 0.717) is 47.3 Å². The molecule has 146 valence electrons. The molecule has 0 unspecified atom stereocenters. The van der Waals surface area contributed by atoms with Crippen LogP contribution in [-0.2, 0) is 16.0 Å². The predicted octanol–water partition coefficient (Wildman–Crippen LogP) is 2.90. The number of hydrogen-bond donors (Lipinski definition) is 2. The van der Waals surface area contributed by atoms with E-state index in [-0.39, 0.29) is 11.8 Å². The highest BCUT2D eigenvalue weighted by Crippen LogP contribution is 2.31. The number of amides is 2. The molecule has 0 spiro atoms. The number of H-pyrrole nitrogens is 1. The van der Waals surface area contributed by atoms with Crippen LogP contribution in [0.5, 0.6) is 0 Å². The summed E-state index contributed by atoms with van der Waals surface area (Å²) < 4.78 is 5.72. The second kappa shape index (κ2) is 10.0. The number of furan rings is 1. The zero-order chi connectivity index (χ0) is 19.8. The fourth-order valence-electron chi connectivity index (χ4n) is 2.57. The topological polar surface area (TPSA) is 91.2 Å². The second-order valence-corrected chi connectivity index (χ2v) is 7.69. The summed E-state index contributed by atoms with van der Waals surface area (Å²) in [5.41, 5.74) is 0.978. The molecule has 1 saturated heterocycles. The Bertz CT molecular complexity index is 873. The van der Waals surface area contributed by atoms with E-state index in [9.17, 15) is 9.59 Å². The molecule has 2 aromatic rings. The smallest absolute Gasteiger partial charge is 0.266 e. The summed E-state index contributed by atoms with van der Waals surface area (Å²) in [5.74, 6) is 0.547. The molecular weight excluding hydrogens is 396 g/mol. The Kier molecular flexibility index (Phi) is 7.21. The minimum Gasteiger partial charge on any atom is -0.465 e. The van der Waals surface area contributed by atoms with Crippen molar-refractivity contribution in [3.8, 4) is 0 Å². The SMILES string of the molecule is O=C(CCCN1C(=O)C(=CC=Cc2ccco2)SC1=S)NCCc1cnc[nH]1. The van der Waals surface area contributed by atoms with Crippen molar-refractivity contribution in [2.45, 2.75) is 19.3 Å². The molecule has 1 fully saturated rings. The summed E-state index contributed by atoms with van der Waals surface area (Å²) in [6.07, 6.45) is 11.8. The maximum Gasteiger partial charge on any atom is 0.266 e. The van der Waals surface area contributed by atoms with Crippen LogP contribution < -0.4 is 5.32 Å². The van der Waals surface area contributed by atoms with Gasteiger partial charge < -0.3 is 14.7 Å². The standard InChI is InChI=1S/C19H20N4O3S2/c24-17(21-9-8-14-12-20-13-22-14)7-2-10-23-18(25)16(28-19(23)27)6-1-4-15-5-3-11-26-15/h1,3-6,11-13H,2,7-10H2,(H,20,22)(H,21,24). The fourth-order valence-corrected chi connectivity index (χ4v) is 3.83. The van der Waals surface area contributed by atoms with Crippen molar-refractivity contribution in [1.29, 1.82) is 0 Å². The van der Waals surface area contributed by atoms with E-state index >= 15 is 0 Å². The number of aromatic nitrogens is 2. The van der Waals surface area contributed by atoms with Gasteiger partial charge in [0.15, 0.2) is 0 Å². The third-order valence-electron chi connectivity index (χ3n) is 3.98. The van der Waals surface area contributed by atoms with E-state index in [0.717, 1.165) is 5.69 Å². The van der Waals surface area contributed by atoms with Gasteiger partial charge >= 0.3 is 0 Å². The number of allylic oxidation sites excluding steroid dienone is 2. The summed E-state index contributed by atoms with van der Waals surface area (Å²) in [6.45, 7) is 0.977. The summed E-state index contributed by atoms with van der Waals surface area (Å²) >= 11 is 6.56. The lowest BCUT2D eigenvalue weighted by Crippen LogP contribution is -2.31. The molecule has 28 heavy (non-hydrogen) atoms. The van der Waals surface area contributed by atoms with Crippen molar-refractivity contribution in [2.75, 3.05) is 13.1 Å². The Morgan fingerprint density at radius 2 is 2.36 bits per heavy atom.